The molecule has 1 fully saturated rings. The summed E-state index contributed by atoms with van der Waals surface area (Å²) < 4.78 is 0. The van der Waals surface area contributed by atoms with Gasteiger partial charge in [0.1, 0.15) is 0 Å². The van der Waals surface area contributed by atoms with Crippen LogP contribution in [-0.4, -0.2) is 11.2 Å². The van der Waals surface area contributed by atoms with Crippen molar-refractivity contribution >= 4 is 0 Å². The largest absolute Gasteiger partial charge is 0.393 e. The second-order valence-corrected chi connectivity index (χ2v) is 2.26. The van der Waals surface area contributed by atoms with Crippen LogP contribution in [0.3, 0.4) is 0 Å². The summed E-state index contributed by atoms with van der Waals surface area (Å²) in [5, 5.41) is 8.94. The average Bonchev–Trinajstić information content (AvgIpc) is 1.91. The van der Waals surface area contributed by atoms with Crippen LogP contribution in [0.5, 0.6) is 0 Å². The van der Waals surface area contributed by atoms with Crippen molar-refractivity contribution in [3.05, 3.63) is 6.92 Å². The van der Waals surface area contributed by atoms with Crippen molar-refractivity contribution in [2.45, 2.75) is 25.4 Å². The SMILES string of the molecule is [CH2]C1CCCC1O. The maximum atomic E-state index is 8.94. The summed E-state index contributed by atoms with van der Waals surface area (Å²) in [6.07, 6.45) is 3.14. The second kappa shape index (κ2) is 1.83. The van der Waals surface area contributed by atoms with Gasteiger partial charge in [-0.25, -0.2) is 0 Å². The maximum absolute atomic E-state index is 8.94. The third kappa shape index (κ3) is 0.942. The molecule has 0 spiro atoms. The fourth-order valence-corrected chi connectivity index (χ4v) is 1.02. The summed E-state index contributed by atoms with van der Waals surface area (Å²) >= 11 is 0. The van der Waals surface area contributed by atoms with Crippen LogP contribution < -0.4 is 0 Å². The fourth-order valence-electron chi connectivity index (χ4n) is 1.02. The molecule has 1 saturated carbocycles. The summed E-state index contributed by atoms with van der Waals surface area (Å²) in [5.74, 6) is 0.319. The number of hydrogen-bond acceptors (Lipinski definition) is 1. The molecule has 41 valence electrons. The Hall–Kier alpha value is -0.0400. The highest BCUT2D eigenvalue weighted by atomic mass is 16.3. The molecule has 1 N–H and O–H groups in total. The Labute approximate surface area is 44.4 Å². The molecule has 1 rings (SSSR count). The molecule has 0 bridgehead atoms. The number of hydrogen-bond donors (Lipinski definition) is 1. The van der Waals surface area contributed by atoms with Crippen LogP contribution in [0.4, 0.5) is 0 Å². The molecule has 0 amide bonds. The van der Waals surface area contributed by atoms with Gasteiger partial charge in [-0.15, -0.1) is 0 Å². The predicted molar refractivity (Wildman–Crippen MR) is 28.7 cm³/mol. The highest BCUT2D eigenvalue weighted by Gasteiger charge is 2.19. The van der Waals surface area contributed by atoms with Crippen LogP contribution >= 0.6 is 0 Å². The minimum Gasteiger partial charge on any atom is -0.393 e. The topological polar surface area (TPSA) is 20.2 Å². The lowest BCUT2D eigenvalue weighted by Crippen LogP contribution is -2.08. The third-order valence-electron chi connectivity index (χ3n) is 1.62. The molecule has 1 aliphatic rings. The molecule has 1 heteroatoms. The number of aliphatic hydroxyl groups excluding tert-OH is 1. The van der Waals surface area contributed by atoms with E-state index in [9.17, 15) is 0 Å². The Morgan fingerprint density at radius 2 is 2.14 bits per heavy atom. The van der Waals surface area contributed by atoms with Gasteiger partial charge in [0, 0.05) is 0 Å². The Balaban J connectivity index is 2.33. The van der Waals surface area contributed by atoms with Crippen LogP contribution in [0.25, 0.3) is 0 Å². The molecular weight excluding hydrogens is 88.1 g/mol. The summed E-state index contributed by atoms with van der Waals surface area (Å²) in [6, 6.07) is 0. The Kier molecular flexibility index (Phi) is 1.33. The standard InChI is InChI=1S/C6H11O/c1-5-3-2-4-6(5)7/h5-7H,1-4H2. The molecule has 2 unspecified atom stereocenters. The quantitative estimate of drug-likeness (QED) is 0.480. The Morgan fingerprint density at radius 1 is 1.43 bits per heavy atom. The Morgan fingerprint density at radius 3 is 2.29 bits per heavy atom. The zero-order valence-corrected chi connectivity index (χ0v) is 4.43. The minimum absolute atomic E-state index is 0.0972. The van der Waals surface area contributed by atoms with Gasteiger partial charge in [0.15, 0.2) is 0 Å². The highest BCUT2D eigenvalue weighted by Crippen LogP contribution is 2.23. The average molecular weight is 99.2 g/mol. The fraction of sp³-hybridized carbons (Fsp3) is 0.833. The van der Waals surface area contributed by atoms with E-state index in [1.165, 1.54) is 0 Å². The Bertz CT molecular complexity index is 53.2. The first-order chi connectivity index (χ1) is 3.30. The van der Waals surface area contributed by atoms with Crippen LogP contribution in [0.1, 0.15) is 19.3 Å². The van der Waals surface area contributed by atoms with E-state index in [1.807, 2.05) is 0 Å². The van der Waals surface area contributed by atoms with E-state index in [0.717, 1.165) is 19.3 Å². The molecule has 0 aromatic rings. The normalized spacial score (nSPS) is 42.0. The summed E-state index contributed by atoms with van der Waals surface area (Å²) in [5.41, 5.74) is 0. The van der Waals surface area contributed by atoms with Crippen molar-refractivity contribution in [3.8, 4) is 0 Å². The van der Waals surface area contributed by atoms with Gasteiger partial charge in [-0.05, 0) is 25.7 Å². The molecule has 1 radical (unpaired) electrons. The lowest BCUT2D eigenvalue weighted by Gasteiger charge is -2.03. The molecule has 0 aromatic carbocycles. The molecule has 7 heavy (non-hydrogen) atoms. The molecule has 2 atom stereocenters. The molecule has 0 heterocycles. The van der Waals surface area contributed by atoms with Crippen molar-refractivity contribution in [1.82, 2.24) is 0 Å². The summed E-state index contributed by atoms with van der Waals surface area (Å²) in [6.45, 7) is 3.77. The number of rotatable bonds is 0. The highest BCUT2D eigenvalue weighted by molar-refractivity contribution is 4.77. The van der Waals surface area contributed by atoms with Crippen LogP contribution in [0.15, 0.2) is 0 Å². The van der Waals surface area contributed by atoms with E-state index < -0.39 is 0 Å². The molecule has 0 saturated heterocycles. The van der Waals surface area contributed by atoms with E-state index in [1.54, 1.807) is 0 Å². The van der Waals surface area contributed by atoms with E-state index >= 15 is 0 Å². The van der Waals surface area contributed by atoms with Crippen molar-refractivity contribution in [2.24, 2.45) is 5.92 Å². The van der Waals surface area contributed by atoms with Crippen LogP contribution in [-0.2, 0) is 0 Å². The lowest BCUT2D eigenvalue weighted by atomic mass is 10.1. The van der Waals surface area contributed by atoms with Gasteiger partial charge < -0.3 is 5.11 Å². The molecule has 1 nitrogen and oxygen atoms in total. The summed E-state index contributed by atoms with van der Waals surface area (Å²) in [4.78, 5) is 0. The molecular formula is C6H11O. The maximum Gasteiger partial charge on any atom is 0.0568 e. The zero-order chi connectivity index (χ0) is 5.28. The molecule has 1 aliphatic carbocycles. The first kappa shape index (κ1) is 5.10. The van der Waals surface area contributed by atoms with Crippen LogP contribution in [0, 0.1) is 12.8 Å². The van der Waals surface area contributed by atoms with Crippen molar-refractivity contribution in [3.63, 3.8) is 0 Å². The van der Waals surface area contributed by atoms with Crippen molar-refractivity contribution in [2.75, 3.05) is 0 Å². The smallest absolute Gasteiger partial charge is 0.0568 e. The van der Waals surface area contributed by atoms with Gasteiger partial charge in [0.25, 0.3) is 0 Å². The van der Waals surface area contributed by atoms with Gasteiger partial charge in [0.2, 0.25) is 0 Å². The lowest BCUT2D eigenvalue weighted by molar-refractivity contribution is 0.152. The van der Waals surface area contributed by atoms with Crippen molar-refractivity contribution < 1.29 is 5.11 Å². The van der Waals surface area contributed by atoms with E-state index in [-0.39, 0.29) is 6.10 Å². The first-order valence-corrected chi connectivity index (χ1v) is 2.82. The first-order valence-electron chi connectivity index (χ1n) is 2.82. The van der Waals surface area contributed by atoms with E-state index in [4.69, 9.17) is 5.11 Å². The van der Waals surface area contributed by atoms with Gasteiger partial charge in [-0.3, -0.25) is 0 Å². The van der Waals surface area contributed by atoms with E-state index in [2.05, 4.69) is 6.92 Å². The van der Waals surface area contributed by atoms with Crippen molar-refractivity contribution in [1.29, 1.82) is 0 Å². The van der Waals surface area contributed by atoms with Gasteiger partial charge >= 0.3 is 0 Å². The van der Waals surface area contributed by atoms with Gasteiger partial charge in [0.05, 0.1) is 6.10 Å². The second-order valence-electron chi connectivity index (χ2n) is 2.26. The predicted octanol–water partition coefficient (Wildman–Crippen LogP) is 0.981. The van der Waals surface area contributed by atoms with Gasteiger partial charge in [-0.1, -0.05) is 6.42 Å². The molecule has 0 aromatic heterocycles. The minimum atomic E-state index is -0.0972. The van der Waals surface area contributed by atoms with Gasteiger partial charge in [-0.2, -0.15) is 0 Å². The molecule has 0 aliphatic heterocycles. The number of aliphatic hydroxyl groups is 1. The zero-order valence-electron chi connectivity index (χ0n) is 4.43. The van der Waals surface area contributed by atoms with Crippen LogP contribution in [0.2, 0.25) is 0 Å². The monoisotopic (exact) mass is 99.1 g/mol. The summed E-state index contributed by atoms with van der Waals surface area (Å²) in [7, 11) is 0. The third-order valence-corrected chi connectivity index (χ3v) is 1.62. The van der Waals surface area contributed by atoms with E-state index in [0.29, 0.717) is 5.92 Å².